The quantitative estimate of drug-likeness (QED) is 0.524. The molecule has 176 valence electrons. The van der Waals surface area contributed by atoms with E-state index in [9.17, 15) is 13.2 Å². The van der Waals surface area contributed by atoms with Gasteiger partial charge in [-0.15, -0.1) is 0 Å². The Hall–Kier alpha value is -2.64. The largest absolute Gasteiger partial charge is 0.350 e. The number of nitrogens with one attached hydrogen (secondary N) is 1. The van der Waals surface area contributed by atoms with E-state index in [1.54, 1.807) is 16.4 Å². The normalized spacial score (nSPS) is 16.1. The number of sulfonamides is 1. The minimum Gasteiger partial charge on any atom is -0.350 e. The third-order valence-corrected chi connectivity index (χ3v) is 8.46. The van der Waals surface area contributed by atoms with Crippen LogP contribution in [0.1, 0.15) is 56.7 Å². The summed E-state index contributed by atoms with van der Waals surface area (Å²) in [5.41, 5.74) is 3.21. The number of amides is 1. The standard InChI is InChI=1S/C26H33N3O3S/c1-3-20-8-10-21(11-9-20)19-27-26(30)24(4-2)29-17-14-22-18-23(12-13-25(22)29)33(31,32)28-15-6-5-7-16-28/h8-14,17-18,24H,3-7,15-16,19H2,1-2H3,(H,27,30)/t24-/m0/s1. The molecule has 4 rings (SSSR count). The van der Waals surface area contributed by atoms with Crippen molar-refractivity contribution in [1.82, 2.24) is 14.2 Å². The maximum atomic E-state index is 13.1. The molecule has 7 heteroatoms. The molecule has 1 aromatic heterocycles. The summed E-state index contributed by atoms with van der Waals surface area (Å²) in [6.45, 7) is 5.76. The third kappa shape index (κ3) is 4.99. The predicted molar refractivity (Wildman–Crippen MR) is 132 cm³/mol. The Morgan fingerprint density at radius 1 is 0.970 bits per heavy atom. The van der Waals surface area contributed by atoms with Gasteiger partial charge in [-0.2, -0.15) is 4.31 Å². The van der Waals surface area contributed by atoms with E-state index in [-0.39, 0.29) is 11.9 Å². The van der Waals surface area contributed by atoms with Gasteiger partial charge < -0.3 is 9.88 Å². The fourth-order valence-electron chi connectivity index (χ4n) is 4.54. The van der Waals surface area contributed by atoms with Crippen molar-refractivity contribution in [2.24, 2.45) is 0 Å². The lowest BCUT2D eigenvalue weighted by atomic mass is 10.1. The van der Waals surface area contributed by atoms with Gasteiger partial charge >= 0.3 is 0 Å². The first-order valence-corrected chi connectivity index (χ1v) is 13.3. The smallest absolute Gasteiger partial charge is 0.243 e. The number of carbonyl (C=O) groups is 1. The molecule has 1 saturated heterocycles. The van der Waals surface area contributed by atoms with Crippen molar-refractivity contribution in [3.63, 3.8) is 0 Å². The second-order valence-corrected chi connectivity index (χ2v) is 10.7. The Morgan fingerprint density at radius 2 is 1.67 bits per heavy atom. The lowest BCUT2D eigenvalue weighted by molar-refractivity contribution is -0.124. The molecule has 0 unspecified atom stereocenters. The van der Waals surface area contributed by atoms with Crippen LogP contribution in [-0.2, 0) is 27.8 Å². The van der Waals surface area contributed by atoms with Crippen LogP contribution < -0.4 is 5.32 Å². The Kier molecular flexibility index (Phi) is 7.20. The molecular weight excluding hydrogens is 434 g/mol. The number of carbonyl (C=O) groups excluding carboxylic acids is 1. The predicted octanol–water partition coefficient (Wildman–Crippen LogP) is 4.65. The van der Waals surface area contributed by atoms with Crippen molar-refractivity contribution in [2.75, 3.05) is 13.1 Å². The topological polar surface area (TPSA) is 71.4 Å². The van der Waals surface area contributed by atoms with Crippen LogP contribution in [0, 0.1) is 0 Å². The van der Waals surface area contributed by atoms with Gasteiger partial charge in [0.2, 0.25) is 15.9 Å². The van der Waals surface area contributed by atoms with Crippen molar-refractivity contribution in [3.05, 3.63) is 65.9 Å². The monoisotopic (exact) mass is 467 g/mol. The average molecular weight is 468 g/mol. The summed E-state index contributed by atoms with van der Waals surface area (Å²) < 4.78 is 29.6. The van der Waals surface area contributed by atoms with E-state index in [2.05, 4.69) is 36.5 Å². The number of aryl methyl sites for hydroxylation is 1. The number of rotatable bonds is 8. The molecule has 1 atom stereocenters. The van der Waals surface area contributed by atoms with E-state index in [4.69, 9.17) is 0 Å². The van der Waals surface area contributed by atoms with E-state index < -0.39 is 10.0 Å². The van der Waals surface area contributed by atoms with Gasteiger partial charge in [0, 0.05) is 36.7 Å². The minimum absolute atomic E-state index is 0.0421. The SMILES string of the molecule is CCc1ccc(CNC(=O)[C@H](CC)n2ccc3cc(S(=O)(=O)N4CCCCC4)ccc32)cc1. The summed E-state index contributed by atoms with van der Waals surface area (Å²) in [5.74, 6) is -0.0421. The summed E-state index contributed by atoms with van der Waals surface area (Å²) in [4.78, 5) is 13.3. The lowest BCUT2D eigenvalue weighted by Crippen LogP contribution is -2.35. The van der Waals surface area contributed by atoms with Gasteiger partial charge in [-0.3, -0.25) is 4.79 Å². The number of aromatic nitrogens is 1. The molecule has 1 aliphatic heterocycles. The number of benzene rings is 2. The molecule has 1 aliphatic rings. The first-order chi connectivity index (χ1) is 15.9. The highest BCUT2D eigenvalue weighted by molar-refractivity contribution is 7.89. The molecule has 0 radical (unpaired) electrons. The van der Waals surface area contributed by atoms with Gasteiger partial charge in [-0.25, -0.2) is 8.42 Å². The summed E-state index contributed by atoms with van der Waals surface area (Å²) >= 11 is 0. The number of piperidine rings is 1. The van der Waals surface area contributed by atoms with Gasteiger partial charge in [0.15, 0.2) is 0 Å². The number of nitrogens with zero attached hydrogens (tertiary/aromatic N) is 2. The maximum absolute atomic E-state index is 13.1. The Labute approximate surface area is 196 Å². The van der Waals surface area contributed by atoms with E-state index in [1.165, 1.54) is 5.56 Å². The molecular formula is C26H33N3O3S. The van der Waals surface area contributed by atoms with E-state index in [1.807, 2.05) is 29.8 Å². The van der Waals surface area contributed by atoms with Crippen LogP contribution in [0.15, 0.2) is 59.6 Å². The zero-order valence-electron chi connectivity index (χ0n) is 19.5. The van der Waals surface area contributed by atoms with Crippen LogP contribution >= 0.6 is 0 Å². The lowest BCUT2D eigenvalue weighted by Gasteiger charge is -2.26. The fourth-order valence-corrected chi connectivity index (χ4v) is 6.09. The summed E-state index contributed by atoms with van der Waals surface area (Å²) in [6, 6.07) is 15.0. The van der Waals surface area contributed by atoms with Crippen molar-refractivity contribution < 1.29 is 13.2 Å². The van der Waals surface area contributed by atoms with Gasteiger partial charge in [-0.05, 0) is 61.1 Å². The van der Waals surface area contributed by atoms with Crippen LogP contribution in [0.5, 0.6) is 0 Å². The first-order valence-electron chi connectivity index (χ1n) is 11.9. The molecule has 33 heavy (non-hydrogen) atoms. The zero-order chi connectivity index (χ0) is 23.4. The Balaban J connectivity index is 1.52. The Bertz CT molecular complexity index is 1210. The molecule has 2 heterocycles. The van der Waals surface area contributed by atoms with Crippen LogP contribution in [0.2, 0.25) is 0 Å². The van der Waals surface area contributed by atoms with Gasteiger partial charge in [0.25, 0.3) is 0 Å². The van der Waals surface area contributed by atoms with E-state index >= 15 is 0 Å². The number of hydrogen-bond donors (Lipinski definition) is 1. The maximum Gasteiger partial charge on any atom is 0.243 e. The Morgan fingerprint density at radius 3 is 2.33 bits per heavy atom. The van der Waals surface area contributed by atoms with Crippen molar-refractivity contribution in [3.8, 4) is 0 Å². The summed E-state index contributed by atoms with van der Waals surface area (Å²) in [5, 5.41) is 3.88. The summed E-state index contributed by atoms with van der Waals surface area (Å²) in [7, 11) is -3.49. The molecule has 6 nitrogen and oxygen atoms in total. The highest BCUT2D eigenvalue weighted by Gasteiger charge is 2.27. The molecule has 1 amide bonds. The zero-order valence-corrected chi connectivity index (χ0v) is 20.3. The summed E-state index contributed by atoms with van der Waals surface area (Å²) in [6.07, 6.45) is 6.41. The molecule has 1 N–H and O–H groups in total. The van der Waals surface area contributed by atoms with Gasteiger partial charge in [-0.1, -0.05) is 44.5 Å². The highest BCUT2D eigenvalue weighted by Crippen LogP contribution is 2.27. The van der Waals surface area contributed by atoms with Crippen LogP contribution in [0.4, 0.5) is 0 Å². The number of fused-ring (bicyclic) bond motifs is 1. The second-order valence-electron chi connectivity index (χ2n) is 8.72. The molecule has 0 spiro atoms. The fraction of sp³-hybridized carbons (Fsp3) is 0.423. The molecule has 1 fully saturated rings. The van der Waals surface area contributed by atoms with Gasteiger partial charge in [0.1, 0.15) is 6.04 Å². The average Bonchev–Trinajstić information content (AvgIpc) is 3.27. The first kappa shape index (κ1) is 23.5. The third-order valence-electron chi connectivity index (χ3n) is 6.57. The molecule has 2 aromatic carbocycles. The minimum atomic E-state index is -3.49. The van der Waals surface area contributed by atoms with Crippen molar-refractivity contribution in [1.29, 1.82) is 0 Å². The van der Waals surface area contributed by atoms with E-state index in [0.29, 0.717) is 31.0 Å². The van der Waals surface area contributed by atoms with E-state index in [0.717, 1.165) is 42.1 Å². The highest BCUT2D eigenvalue weighted by atomic mass is 32.2. The second kappa shape index (κ2) is 10.1. The molecule has 0 aliphatic carbocycles. The molecule has 0 bridgehead atoms. The van der Waals surface area contributed by atoms with Crippen molar-refractivity contribution >= 4 is 26.8 Å². The van der Waals surface area contributed by atoms with Crippen LogP contribution in [-0.4, -0.2) is 36.3 Å². The molecule has 0 saturated carbocycles. The number of hydrogen-bond acceptors (Lipinski definition) is 3. The van der Waals surface area contributed by atoms with Crippen LogP contribution in [0.3, 0.4) is 0 Å². The van der Waals surface area contributed by atoms with Gasteiger partial charge in [0.05, 0.1) is 4.90 Å². The molecule has 3 aromatic rings. The van der Waals surface area contributed by atoms with Crippen LogP contribution in [0.25, 0.3) is 10.9 Å². The van der Waals surface area contributed by atoms with Crippen molar-refractivity contribution in [2.45, 2.75) is 63.4 Å².